The smallest absolute Gasteiger partial charge is 0.216 e. The molecule has 0 atom stereocenters. The molecular formula is C17H15FN4O2S. The minimum Gasteiger partial charge on any atom is -0.493 e. The largest absolute Gasteiger partial charge is 0.493 e. The molecule has 0 saturated heterocycles. The predicted molar refractivity (Wildman–Crippen MR) is 94.1 cm³/mol. The van der Waals surface area contributed by atoms with E-state index in [2.05, 4.69) is 15.3 Å². The first kappa shape index (κ1) is 16.8. The van der Waals surface area contributed by atoms with Gasteiger partial charge in [-0.25, -0.2) is 4.39 Å². The Kier molecular flexibility index (Phi) is 5.20. The monoisotopic (exact) mass is 358 g/mol. The van der Waals surface area contributed by atoms with Gasteiger partial charge < -0.3 is 9.47 Å². The summed E-state index contributed by atoms with van der Waals surface area (Å²) in [6, 6.07) is 11.8. The topological polar surface area (TPSA) is 64.4 Å². The standard InChI is InChI=1S/C17H15FN4O2S/c1-23-15-8-4-6-12(9-20-22-11-19-21-17(22)25)16(15)24-10-13-5-2-3-7-14(13)18/h2-9,11H,10H2,1H3,(H,21,25)/b20-9+. The fraction of sp³-hybridized carbons (Fsp3) is 0.118. The van der Waals surface area contributed by atoms with Crippen LogP contribution in [-0.4, -0.2) is 28.2 Å². The molecule has 1 aromatic heterocycles. The van der Waals surface area contributed by atoms with E-state index in [0.29, 0.717) is 27.4 Å². The number of methoxy groups -OCH3 is 1. The van der Waals surface area contributed by atoms with Gasteiger partial charge in [-0.2, -0.15) is 14.9 Å². The Morgan fingerprint density at radius 2 is 2.12 bits per heavy atom. The maximum atomic E-state index is 13.8. The van der Waals surface area contributed by atoms with Crippen molar-refractivity contribution in [2.24, 2.45) is 5.10 Å². The van der Waals surface area contributed by atoms with Crippen molar-refractivity contribution in [3.05, 3.63) is 70.5 Å². The maximum absolute atomic E-state index is 13.8. The minimum absolute atomic E-state index is 0.0685. The van der Waals surface area contributed by atoms with Crippen LogP contribution in [0.2, 0.25) is 0 Å². The van der Waals surface area contributed by atoms with Gasteiger partial charge in [0, 0.05) is 11.1 Å². The van der Waals surface area contributed by atoms with Crippen molar-refractivity contribution in [1.29, 1.82) is 0 Å². The molecule has 1 N–H and O–H groups in total. The van der Waals surface area contributed by atoms with Crippen LogP contribution in [0.4, 0.5) is 4.39 Å². The van der Waals surface area contributed by atoms with Gasteiger partial charge in [0.1, 0.15) is 18.8 Å². The zero-order valence-corrected chi connectivity index (χ0v) is 14.2. The molecule has 25 heavy (non-hydrogen) atoms. The van der Waals surface area contributed by atoms with Crippen molar-refractivity contribution < 1.29 is 13.9 Å². The minimum atomic E-state index is -0.322. The third-order valence-electron chi connectivity index (χ3n) is 3.42. The summed E-state index contributed by atoms with van der Waals surface area (Å²) in [4.78, 5) is 0. The number of rotatable bonds is 6. The van der Waals surface area contributed by atoms with E-state index < -0.39 is 0 Å². The highest BCUT2D eigenvalue weighted by Gasteiger charge is 2.11. The summed E-state index contributed by atoms with van der Waals surface area (Å²) in [5.74, 6) is 0.667. The van der Waals surface area contributed by atoms with Crippen LogP contribution >= 0.6 is 12.2 Å². The van der Waals surface area contributed by atoms with Crippen molar-refractivity contribution in [1.82, 2.24) is 14.9 Å². The number of ether oxygens (including phenoxy) is 2. The van der Waals surface area contributed by atoms with E-state index in [1.807, 2.05) is 12.1 Å². The number of aromatic nitrogens is 3. The van der Waals surface area contributed by atoms with Crippen LogP contribution in [0, 0.1) is 10.6 Å². The van der Waals surface area contributed by atoms with Gasteiger partial charge in [-0.3, -0.25) is 5.10 Å². The van der Waals surface area contributed by atoms with Crippen LogP contribution in [-0.2, 0) is 6.61 Å². The van der Waals surface area contributed by atoms with Gasteiger partial charge in [-0.1, -0.05) is 24.3 Å². The van der Waals surface area contributed by atoms with Crippen LogP contribution in [0.1, 0.15) is 11.1 Å². The fourth-order valence-electron chi connectivity index (χ4n) is 2.16. The van der Waals surface area contributed by atoms with Crippen LogP contribution in [0.25, 0.3) is 0 Å². The molecule has 8 heteroatoms. The van der Waals surface area contributed by atoms with E-state index in [4.69, 9.17) is 21.7 Å². The van der Waals surface area contributed by atoms with Crippen LogP contribution in [0.15, 0.2) is 53.9 Å². The number of hydrogen-bond donors (Lipinski definition) is 1. The Morgan fingerprint density at radius 3 is 2.84 bits per heavy atom. The van der Waals surface area contributed by atoms with Crippen molar-refractivity contribution in [3.63, 3.8) is 0 Å². The number of benzene rings is 2. The van der Waals surface area contributed by atoms with E-state index in [9.17, 15) is 4.39 Å². The second-order valence-corrected chi connectivity index (χ2v) is 5.40. The van der Waals surface area contributed by atoms with Crippen molar-refractivity contribution in [3.8, 4) is 11.5 Å². The highest BCUT2D eigenvalue weighted by molar-refractivity contribution is 7.71. The van der Waals surface area contributed by atoms with Crippen LogP contribution in [0.3, 0.4) is 0 Å². The Hall–Kier alpha value is -3.00. The first-order valence-corrected chi connectivity index (χ1v) is 7.79. The number of hydrogen-bond acceptors (Lipinski definition) is 5. The molecule has 0 saturated carbocycles. The average molecular weight is 358 g/mol. The Labute approximate surface area is 148 Å². The molecule has 3 aromatic rings. The van der Waals surface area contributed by atoms with Gasteiger partial charge in [-0.15, -0.1) is 0 Å². The first-order valence-electron chi connectivity index (χ1n) is 7.38. The molecule has 2 aromatic carbocycles. The summed E-state index contributed by atoms with van der Waals surface area (Å²) >= 11 is 5.05. The zero-order chi connectivity index (χ0) is 17.6. The normalized spacial score (nSPS) is 11.0. The van der Waals surface area contributed by atoms with E-state index >= 15 is 0 Å². The lowest BCUT2D eigenvalue weighted by atomic mass is 10.2. The SMILES string of the molecule is COc1cccc(/C=N/n2cn[nH]c2=S)c1OCc1ccccc1F. The summed E-state index contributed by atoms with van der Waals surface area (Å²) in [5, 5.41) is 10.6. The zero-order valence-electron chi connectivity index (χ0n) is 13.3. The van der Waals surface area contributed by atoms with Crippen LogP contribution in [0.5, 0.6) is 11.5 Å². The number of aromatic amines is 1. The number of halogens is 1. The molecule has 0 aliphatic carbocycles. The Bertz CT molecular complexity index is 952. The van der Waals surface area contributed by atoms with E-state index in [1.165, 1.54) is 17.1 Å². The number of para-hydroxylation sites is 1. The molecule has 0 fully saturated rings. The van der Waals surface area contributed by atoms with Gasteiger partial charge in [0.05, 0.1) is 13.3 Å². The fourth-order valence-corrected chi connectivity index (χ4v) is 2.31. The molecule has 0 bridgehead atoms. The van der Waals surface area contributed by atoms with Gasteiger partial charge in [0.25, 0.3) is 0 Å². The highest BCUT2D eigenvalue weighted by atomic mass is 32.1. The lowest BCUT2D eigenvalue weighted by Crippen LogP contribution is -2.03. The molecule has 1 heterocycles. The van der Waals surface area contributed by atoms with Gasteiger partial charge in [0.15, 0.2) is 11.5 Å². The van der Waals surface area contributed by atoms with Gasteiger partial charge in [0.2, 0.25) is 4.77 Å². The molecule has 0 spiro atoms. The van der Waals surface area contributed by atoms with E-state index in [-0.39, 0.29) is 12.4 Å². The quantitative estimate of drug-likeness (QED) is 0.541. The molecular weight excluding hydrogens is 343 g/mol. The summed E-state index contributed by atoms with van der Waals surface area (Å²) in [5.41, 5.74) is 1.12. The van der Waals surface area contributed by atoms with Gasteiger partial charge >= 0.3 is 0 Å². The van der Waals surface area contributed by atoms with Crippen molar-refractivity contribution in [2.75, 3.05) is 7.11 Å². The lowest BCUT2D eigenvalue weighted by Gasteiger charge is -2.13. The summed E-state index contributed by atoms with van der Waals surface area (Å²) in [6.45, 7) is 0.0685. The first-order chi connectivity index (χ1) is 12.2. The second kappa shape index (κ2) is 7.71. The predicted octanol–water partition coefficient (Wildman–Crippen LogP) is 3.55. The maximum Gasteiger partial charge on any atom is 0.216 e. The number of H-pyrrole nitrogens is 1. The molecule has 3 rings (SSSR count). The number of nitrogens with one attached hydrogen (secondary N) is 1. The molecule has 6 nitrogen and oxygen atoms in total. The van der Waals surface area contributed by atoms with Gasteiger partial charge in [-0.05, 0) is 30.4 Å². The summed E-state index contributed by atoms with van der Waals surface area (Å²) in [7, 11) is 1.54. The van der Waals surface area contributed by atoms with E-state index in [1.54, 1.807) is 37.6 Å². The number of nitrogens with zero attached hydrogens (tertiary/aromatic N) is 3. The van der Waals surface area contributed by atoms with E-state index in [0.717, 1.165) is 0 Å². The summed E-state index contributed by atoms with van der Waals surface area (Å²) in [6.07, 6.45) is 3.03. The molecule has 128 valence electrons. The van der Waals surface area contributed by atoms with Crippen LogP contribution < -0.4 is 9.47 Å². The highest BCUT2D eigenvalue weighted by Crippen LogP contribution is 2.31. The third-order valence-corrected chi connectivity index (χ3v) is 3.69. The lowest BCUT2D eigenvalue weighted by molar-refractivity contribution is 0.279. The van der Waals surface area contributed by atoms with Crippen molar-refractivity contribution in [2.45, 2.75) is 6.61 Å². The molecule has 0 aliphatic heterocycles. The third kappa shape index (κ3) is 3.92. The average Bonchev–Trinajstić information content (AvgIpc) is 3.04. The molecule has 0 aliphatic rings. The molecule has 0 radical (unpaired) electrons. The van der Waals surface area contributed by atoms with Crippen molar-refractivity contribution >= 4 is 18.4 Å². The second-order valence-electron chi connectivity index (χ2n) is 5.01. The Balaban J connectivity index is 1.89. The molecule has 0 unspecified atom stereocenters. The Morgan fingerprint density at radius 1 is 1.28 bits per heavy atom. The molecule has 0 amide bonds. The summed E-state index contributed by atoms with van der Waals surface area (Å²) < 4.78 is 26.7.